The Hall–Kier alpha value is -2.47. The molecule has 1 N–H and O–H groups in total. The minimum atomic E-state index is -0.420. The Morgan fingerprint density at radius 2 is 2.29 bits per heavy atom. The van der Waals surface area contributed by atoms with E-state index in [-0.39, 0.29) is 18.2 Å². The lowest BCUT2D eigenvalue weighted by molar-refractivity contribution is -0.126. The number of carbonyl (C=O) groups excluding carboxylic acids is 2. The fraction of sp³-hybridized carbons (Fsp3) is 0.294. The van der Waals surface area contributed by atoms with Gasteiger partial charge in [0.2, 0.25) is 11.8 Å². The van der Waals surface area contributed by atoms with Gasteiger partial charge in [0.15, 0.2) is 0 Å². The summed E-state index contributed by atoms with van der Waals surface area (Å²) in [5.74, 6) is 0.485. The van der Waals surface area contributed by atoms with E-state index < -0.39 is 5.92 Å². The minimum Gasteiger partial charge on any atom is -0.495 e. The number of hydrogen-bond acceptors (Lipinski definition) is 4. The first-order valence-electron chi connectivity index (χ1n) is 7.52. The van der Waals surface area contributed by atoms with Crippen LogP contribution >= 0.6 is 11.6 Å². The van der Waals surface area contributed by atoms with Crippen LogP contribution < -0.4 is 15.0 Å². The van der Waals surface area contributed by atoms with Gasteiger partial charge < -0.3 is 19.4 Å². The van der Waals surface area contributed by atoms with Crippen LogP contribution in [0.2, 0.25) is 5.02 Å². The van der Waals surface area contributed by atoms with Gasteiger partial charge >= 0.3 is 0 Å². The second kappa shape index (κ2) is 6.97. The normalized spacial score (nSPS) is 17.2. The van der Waals surface area contributed by atoms with Gasteiger partial charge in [-0.05, 0) is 30.3 Å². The molecule has 0 bridgehead atoms. The monoisotopic (exact) mass is 348 g/mol. The lowest BCUT2D eigenvalue weighted by atomic mass is 10.1. The van der Waals surface area contributed by atoms with Gasteiger partial charge in [0.05, 0.1) is 31.5 Å². The van der Waals surface area contributed by atoms with E-state index >= 15 is 0 Å². The molecule has 1 atom stereocenters. The highest BCUT2D eigenvalue weighted by molar-refractivity contribution is 6.31. The van der Waals surface area contributed by atoms with Crippen LogP contribution in [0.15, 0.2) is 41.0 Å². The zero-order chi connectivity index (χ0) is 17.1. The third-order valence-corrected chi connectivity index (χ3v) is 4.18. The number of nitrogens with zero attached hydrogens (tertiary/aromatic N) is 1. The zero-order valence-corrected chi connectivity index (χ0v) is 13.9. The third-order valence-electron chi connectivity index (χ3n) is 3.94. The van der Waals surface area contributed by atoms with E-state index in [4.69, 9.17) is 20.8 Å². The molecule has 0 radical (unpaired) electrons. The number of hydrogen-bond donors (Lipinski definition) is 1. The largest absolute Gasteiger partial charge is 0.495 e. The molecular weight excluding hydrogens is 332 g/mol. The van der Waals surface area contributed by atoms with Crippen LogP contribution in [-0.4, -0.2) is 25.5 Å². The van der Waals surface area contributed by atoms with Crippen molar-refractivity contribution in [1.29, 1.82) is 0 Å². The smallest absolute Gasteiger partial charge is 0.227 e. The van der Waals surface area contributed by atoms with Gasteiger partial charge in [-0.15, -0.1) is 0 Å². The molecule has 1 aromatic carbocycles. The van der Waals surface area contributed by atoms with Crippen molar-refractivity contribution < 1.29 is 18.7 Å². The van der Waals surface area contributed by atoms with E-state index in [2.05, 4.69) is 5.32 Å². The van der Waals surface area contributed by atoms with Gasteiger partial charge in [-0.3, -0.25) is 9.59 Å². The molecular formula is C17H17ClN2O4. The fourth-order valence-electron chi connectivity index (χ4n) is 2.72. The molecule has 1 fully saturated rings. The van der Waals surface area contributed by atoms with E-state index in [9.17, 15) is 9.59 Å². The molecule has 0 unspecified atom stereocenters. The van der Waals surface area contributed by atoms with Crippen molar-refractivity contribution in [3.05, 3.63) is 47.4 Å². The summed E-state index contributed by atoms with van der Waals surface area (Å²) in [5.41, 5.74) is 0.580. The Morgan fingerprint density at radius 1 is 1.46 bits per heavy atom. The highest BCUT2D eigenvalue weighted by Crippen LogP contribution is 2.35. The summed E-state index contributed by atoms with van der Waals surface area (Å²) in [5, 5.41) is 3.29. The van der Waals surface area contributed by atoms with Crippen molar-refractivity contribution in [2.75, 3.05) is 18.6 Å². The molecule has 1 saturated heterocycles. The molecule has 7 heteroatoms. The maximum Gasteiger partial charge on any atom is 0.227 e. The molecule has 2 heterocycles. The van der Waals surface area contributed by atoms with E-state index in [1.54, 1.807) is 41.5 Å². The number of nitrogens with one attached hydrogen (secondary N) is 1. The van der Waals surface area contributed by atoms with Gasteiger partial charge in [-0.1, -0.05) is 11.6 Å². The molecule has 126 valence electrons. The first-order valence-corrected chi connectivity index (χ1v) is 7.90. The van der Waals surface area contributed by atoms with E-state index in [1.807, 2.05) is 0 Å². The van der Waals surface area contributed by atoms with Gasteiger partial charge in [0.25, 0.3) is 0 Å². The van der Waals surface area contributed by atoms with Gasteiger partial charge in [0.1, 0.15) is 11.5 Å². The molecule has 1 aliphatic heterocycles. The van der Waals surface area contributed by atoms with Crippen molar-refractivity contribution in [1.82, 2.24) is 5.32 Å². The SMILES string of the molecule is COc1ccc(Cl)cc1N1C[C@H](C(=O)NCc2ccco2)CC1=O. The maximum absolute atomic E-state index is 12.3. The van der Waals surface area contributed by atoms with E-state index in [1.165, 1.54) is 7.11 Å². The third kappa shape index (κ3) is 3.38. The molecule has 0 saturated carbocycles. The summed E-state index contributed by atoms with van der Waals surface area (Å²) < 4.78 is 10.5. The van der Waals surface area contributed by atoms with Crippen LogP contribution in [0.3, 0.4) is 0 Å². The minimum absolute atomic E-state index is 0.131. The van der Waals surface area contributed by atoms with Gasteiger partial charge in [-0.25, -0.2) is 0 Å². The molecule has 2 aromatic rings. The van der Waals surface area contributed by atoms with Crippen molar-refractivity contribution >= 4 is 29.1 Å². The Morgan fingerprint density at radius 3 is 3.00 bits per heavy atom. The van der Waals surface area contributed by atoms with E-state index in [0.717, 1.165) is 0 Å². The van der Waals surface area contributed by atoms with Crippen LogP contribution in [0.25, 0.3) is 0 Å². The van der Waals surface area contributed by atoms with Crippen LogP contribution in [0.4, 0.5) is 5.69 Å². The molecule has 6 nitrogen and oxygen atoms in total. The summed E-state index contributed by atoms with van der Waals surface area (Å²) >= 11 is 6.02. The van der Waals surface area contributed by atoms with Crippen molar-refractivity contribution in [3.63, 3.8) is 0 Å². The second-order valence-corrected chi connectivity index (χ2v) is 5.96. The number of anilines is 1. The van der Waals surface area contributed by atoms with Crippen LogP contribution in [0.1, 0.15) is 12.2 Å². The Bertz CT molecular complexity index is 745. The number of amides is 2. The number of carbonyl (C=O) groups is 2. The summed E-state index contributed by atoms with van der Waals surface area (Å²) in [6, 6.07) is 8.60. The van der Waals surface area contributed by atoms with Gasteiger partial charge in [0, 0.05) is 18.0 Å². The summed E-state index contributed by atoms with van der Waals surface area (Å²) in [6.07, 6.45) is 1.70. The number of furan rings is 1. The quantitative estimate of drug-likeness (QED) is 0.901. The summed E-state index contributed by atoms with van der Waals surface area (Å²) in [4.78, 5) is 26.2. The average Bonchev–Trinajstić information content (AvgIpc) is 3.22. The van der Waals surface area contributed by atoms with E-state index in [0.29, 0.717) is 35.3 Å². The summed E-state index contributed by atoms with van der Waals surface area (Å²) in [6.45, 7) is 0.594. The molecule has 3 rings (SSSR count). The Balaban J connectivity index is 1.69. The Labute approximate surface area is 144 Å². The standard InChI is InChI=1S/C17H17ClN2O4/c1-23-15-5-4-12(18)8-14(15)20-10-11(7-16(20)21)17(22)19-9-13-3-2-6-24-13/h2-6,8,11H,7,9-10H2,1H3,(H,19,22)/t11-/m1/s1. The molecule has 1 aromatic heterocycles. The fourth-order valence-corrected chi connectivity index (χ4v) is 2.89. The van der Waals surface area contributed by atoms with Crippen LogP contribution in [-0.2, 0) is 16.1 Å². The highest BCUT2D eigenvalue weighted by Gasteiger charge is 2.36. The van der Waals surface area contributed by atoms with Crippen LogP contribution in [0.5, 0.6) is 5.75 Å². The number of ether oxygens (including phenoxy) is 1. The Kier molecular flexibility index (Phi) is 4.76. The number of halogens is 1. The lowest BCUT2D eigenvalue weighted by Crippen LogP contribution is -2.32. The molecule has 1 aliphatic rings. The lowest BCUT2D eigenvalue weighted by Gasteiger charge is -2.19. The van der Waals surface area contributed by atoms with Crippen molar-refractivity contribution in [2.45, 2.75) is 13.0 Å². The molecule has 0 aliphatic carbocycles. The predicted molar refractivity (Wildman–Crippen MR) is 89.0 cm³/mol. The first-order chi connectivity index (χ1) is 11.6. The predicted octanol–water partition coefficient (Wildman–Crippen LogP) is 2.61. The topological polar surface area (TPSA) is 71.8 Å². The molecule has 24 heavy (non-hydrogen) atoms. The molecule has 0 spiro atoms. The van der Waals surface area contributed by atoms with Crippen LogP contribution in [0, 0.1) is 5.92 Å². The number of methoxy groups -OCH3 is 1. The zero-order valence-electron chi connectivity index (χ0n) is 13.1. The number of benzene rings is 1. The van der Waals surface area contributed by atoms with Crippen molar-refractivity contribution in [2.24, 2.45) is 5.92 Å². The first kappa shape index (κ1) is 16.4. The molecule has 2 amide bonds. The maximum atomic E-state index is 12.3. The summed E-state index contributed by atoms with van der Waals surface area (Å²) in [7, 11) is 1.53. The average molecular weight is 349 g/mol. The van der Waals surface area contributed by atoms with Gasteiger partial charge in [-0.2, -0.15) is 0 Å². The number of rotatable bonds is 5. The second-order valence-electron chi connectivity index (χ2n) is 5.52. The highest BCUT2D eigenvalue weighted by atomic mass is 35.5. The van der Waals surface area contributed by atoms with Crippen molar-refractivity contribution in [3.8, 4) is 5.75 Å².